The minimum atomic E-state index is -1.01. The molecule has 1 aliphatic rings. The number of fused-ring (bicyclic) bond motifs is 1. The number of Topliss-reactive ketones (excluding diaryl/α,β-unsaturated/α-hetero) is 1. The maximum absolute atomic E-state index is 13.3. The van der Waals surface area contributed by atoms with Crippen LogP contribution in [0.5, 0.6) is 0 Å². The molecular weight excluding hydrogens is 508 g/mol. The highest BCUT2D eigenvalue weighted by Gasteiger charge is 2.44. The van der Waals surface area contributed by atoms with E-state index in [1.165, 1.54) is 0 Å². The van der Waals surface area contributed by atoms with Gasteiger partial charge in [-0.3, -0.25) is 14.4 Å². The summed E-state index contributed by atoms with van der Waals surface area (Å²) in [6.45, 7) is 8.28. The van der Waals surface area contributed by atoms with Crippen LogP contribution < -0.4 is 10.6 Å². The summed E-state index contributed by atoms with van der Waals surface area (Å²) in [5, 5.41) is 6.30. The largest absolute Gasteiger partial charge is 0.444 e. The number of unbranched alkanes of at least 4 members (excludes halogenated alkanes) is 1. The van der Waals surface area contributed by atoms with Gasteiger partial charge in [0.15, 0.2) is 0 Å². The van der Waals surface area contributed by atoms with E-state index in [-0.39, 0.29) is 18.5 Å². The number of alkyl carbamates (subject to hydrolysis) is 1. The molecular formula is C31H38N4O5. The lowest BCUT2D eigenvalue weighted by molar-refractivity contribution is -0.139. The molecule has 3 amide bonds. The fourth-order valence-corrected chi connectivity index (χ4v) is 5.06. The van der Waals surface area contributed by atoms with Crippen LogP contribution >= 0.6 is 0 Å². The van der Waals surface area contributed by atoms with Gasteiger partial charge in [-0.15, -0.1) is 0 Å². The fourth-order valence-electron chi connectivity index (χ4n) is 5.06. The van der Waals surface area contributed by atoms with E-state index in [4.69, 9.17) is 4.74 Å². The number of H-pyrrole nitrogens is 1. The average Bonchev–Trinajstić information content (AvgIpc) is 3.53. The summed E-state index contributed by atoms with van der Waals surface area (Å²) in [4.78, 5) is 56.9. The van der Waals surface area contributed by atoms with Gasteiger partial charge in [-0.05, 0) is 43.2 Å². The van der Waals surface area contributed by atoms with Crippen molar-refractivity contribution in [3.8, 4) is 0 Å². The third-order valence-corrected chi connectivity index (χ3v) is 7.52. The first-order chi connectivity index (χ1) is 19.1. The minimum Gasteiger partial charge on any atom is -0.444 e. The second-order valence-electron chi connectivity index (χ2n) is 11.2. The van der Waals surface area contributed by atoms with Crippen LogP contribution in [0.15, 0.2) is 60.8 Å². The zero-order chi connectivity index (χ0) is 28.9. The Kier molecular flexibility index (Phi) is 8.92. The molecule has 3 atom stereocenters. The number of aromatic amines is 1. The molecule has 0 aliphatic carbocycles. The molecule has 0 saturated carbocycles. The highest BCUT2D eigenvalue weighted by atomic mass is 16.6. The Morgan fingerprint density at radius 2 is 1.82 bits per heavy atom. The van der Waals surface area contributed by atoms with E-state index in [0.717, 1.165) is 22.9 Å². The van der Waals surface area contributed by atoms with Crippen molar-refractivity contribution in [2.45, 2.75) is 65.1 Å². The summed E-state index contributed by atoms with van der Waals surface area (Å²) in [6, 6.07) is 15.4. The molecule has 2 aromatic carbocycles. The molecule has 9 heteroatoms. The first-order valence-corrected chi connectivity index (χ1v) is 13.8. The van der Waals surface area contributed by atoms with Gasteiger partial charge in [0, 0.05) is 34.6 Å². The summed E-state index contributed by atoms with van der Waals surface area (Å²) in [5.74, 6) is -1.60. The van der Waals surface area contributed by atoms with Crippen molar-refractivity contribution in [3.05, 3.63) is 71.9 Å². The highest BCUT2D eigenvalue weighted by molar-refractivity contribution is 6.38. The van der Waals surface area contributed by atoms with E-state index in [9.17, 15) is 19.2 Å². The molecule has 0 unspecified atom stereocenters. The lowest BCUT2D eigenvalue weighted by Crippen LogP contribution is -2.49. The number of hydrogen-bond acceptors (Lipinski definition) is 5. The summed E-state index contributed by atoms with van der Waals surface area (Å²) in [6.07, 6.45) is 2.23. The van der Waals surface area contributed by atoms with Gasteiger partial charge in [0.25, 0.3) is 11.8 Å². The third kappa shape index (κ3) is 6.70. The van der Waals surface area contributed by atoms with Crippen molar-refractivity contribution in [1.29, 1.82) is 0 Å². The molecule has 1 fully saturated rings. The summed E-state index contributed by atoms with van der Waals surface area (Å²) >= 11 is 0. The molecule has 0 spiro atoms. The number of carbonyl (C=O) groups is 4. The number of aromatic nitrogens is 1. The van der Waals surface area contributed by atoms with Gasteiger partial charge in [-0.1, -0.05) is 63.9 Å². The number of nitrogens with one attached hydrogen (secondary N) is 3. The van der Waals surface area contributed by atoms with Crippen molar-refractivity contribution in [2.75, 3.05) is 13.1 Å². The van der Waals surface area contributed by atoms with Crippen LogP contribution in [0.2, 0.25) is 0 Å². The molecule has 40 heavy (non-hydrogen) atoms. The SMILES string of the molecule is CCCC[C@H](NC(=O)O[C@@H]1CN(C(=O)c2ccc3[nH]ccc3c2)CC1(C)C)C(=O)C(=O)N[C@H](C)c1ccccc1. The van der Waals surface area contributed by atoms with Crippen LogP contribution in [0.25, 0.3) is 10.9 Å². The van der Waals surface area contributed by atoms with Gasteiger partial charge in [-0.2, -0.15) is 0 Å². The Balaban J connectivity index is 1.37. The van der Waals surface area contributed by atoms with E-state index < -0.39 is 35.3 Å². The second kappa shape index (κ2) is 12.4. The Bertz CT molecular complexity index is 1370. The van der Waals surface area contributed by atoms with E-state index in [2.05, 4.69) is 15.6 Å². The number of amides is 3. The number of nitrogens with zero attached hydrogens (tertiary/aromatic N) is 1. The Hall–Kier alpha value is -4.14. The van der Waals surface area contributed by atoms with Crippen LogP contribution in [0.4, 0.5) is 4.79 Å². The molecule has 1 aromatic heterocycles. The summed E-state index contributed by atoms with van der Waals surface area (Å²) in [7, 11) is 0. The number of likely N-dealkylation sites (tertiary alicyclic amines) is 1. The molecule has 212 valence electrons. The lowest BCUT2D eigenvalue weighted by Gasteiger charge is -2.26. The maximum Gasteiger partial charge on any atom is 0.408 e. The highest BCUT2D eigenvalue weighted by Crippen LogP contribution is 2.33. The first kappa shape index (κ1) is 28.9. The zero-order valence-corrected chi connectivity index (χ0v) is 23.5. The number of ketones is 1. The number of ether oxygens (including phenoxy) is 1. The standard InChI is InChI=1S/C31H38N4O5/c1-5-6-12-25(27(36)28(37)33-20(2)21-10-8-7-9-11-21)34-30(39)40-26-18-35(19-31(26,3)4)29(38)23-13-14-24-22(17-23)15-16-32-24/h7-11,13-17,20,25-26,32H,5-6,12,18-19H2,1-4H3,(H,33,37)(H,34,39)/t20-,25+,26-/m1/s1. The predicted molar refractivity (Wildman–Crippen MR) is 153 cm³/mol. The number of hydrogen-bond donors (Lipinski definition) is 3. The summed E-state index contributed by atoms with van der Waals surface area (Å²) in [5.41, 5.74) is 1.88. The van der Waals surface area contributed by atoms with Gasteiger partial charge in [0.1, 0.15) is 12.1 Å². The van der Waals surface area contributed by atoms with E-state index in [1.54, 1.807) is 17.9 Å². The Labute approximate surface area is 234 Å². The molecule has 4 rings (SSSR count). The van der Waals surface area contributed by atoms with Crippen LogP contribution in [0.3, 0.4) is 0 Å². The fraction of sp³-hybridized carbons (Fsp3) is 0.419. The monoisotopic (exact) mass is 546 g/mol. The minimum absolute atomic E-state index is 0.136. The van der Waals surface area contributed by atoms with Gasteiger partial charge in [0.05, 0.1) is 12.6 Å². The second-order valence-corrected chi connectivity index (χ2v) is 11.2. The number of carbonyl (C=O) groups excluding carboxylic acids is 4. The van der Waals surface area contributed by atoms with Gasteiger partial charge in [0.2, 0.25) is 5.78 Å². The van der Waals surface area contributed by atoms with Crippen molar-refractivity contribution < 1.29 is 23.9 Å². The van der Waals surface area contributed by atoms with Crippen LogP contribution in [0, 0.1) is 5.41 Å². The van der Waals surface area contributed by atoms with E-state index in [0.29, 0.717) is 24.9 Å². The molecule has 3 N–H and O–H groups in total. The van der Waals surface area contributed by atoms with Crippen molar-refractivity contribution >= 4 is 34.6 Å². The number of rotatable bonds is 10. The topological polar surface area (TPSA) is 121 Å². The first-order valence-electron chi connectivity index (χ1n) is 13.8. The Morgan fingerprint density at radius 1 is 1.07 bits per heavy atom. The molecule has 3 aromatic rings. The van der Waals surface area contributed by atoms with Gasteiger partial charge in [-0.25, -0.2) is 4.79 Å². The summed E-state index contributed by atoms with van der Waals surface area (Å²) < 4.78 is 5.76. The van der Waals surface area contributed by atoms with E-state index in [1.807, 2.05) is 75.5 Å². The van der Waals surface area contributed by atoms with Crippen LogP contribution in [-0.4, -0.2) is 58.8 Å². The molecule has 0 bridgehead atoms. The number of benzene rings is 2. The van der Waals surface area contributed by atoms with Crippen molar-refractivity contribution in [3.63, 3.8) is 0 Å². The normalized spacial score (nSPS) is 17.7. The molecule has 2 heterocycles. The predicted octanol–water partition coefficient (Wildman–Crippen LogP) is 4.75. The quantitative estimate of drug-likeness (QED) is 0.317. The van der Waals surface area contributed by atoms with Crippen LogP contribution in [-0.2, 0) is 14.3 Å². The van der Waals surface area contributed by atoms with Crippen molar-refractivity contribution in [1.82, 2.24) is 20.5 Å². The van der Waals surface area contributed by atoms with E-state index >= 15 is 0 Å². The van der Waals surface area contributed by atoms with Gasteiger partial charge >= 0.3 is 6.09 Å². The maximum atomic E-state index is 13.3. The smallest absolute Gasteiger partial charge is 0.408 e. The van der Waals surface area contributed by atoms with Crippen LogP contribution in [0.1, 0.15) is 68.9 Å². The average molecular weight is 547 g/mol. The molecule has 1 saturated heterocycles. The zero-order valence-electron chi connectivity index (χ0n) is 23.5. The lowest BCUT2D eigenvalue weighted by atomic mass is 9.90. The molecule has 9 nitrogen and oxygen atoms in total. The van der Waals surface area contributed by atoms with Gasteiger partial charge < -0.3 is 25.3 Å². The Morgan fingerprint density at radius 3 is 2.55 bits per heavy atom. The molecule has 1 aliphatic heterocycles. The van der Waals surface area contributed by atoms with Crippen molar-refractivity contribution in [2.24, 2.45) is 5.41 Å². The molecule has 0 radical (unpaired) electrons. The third-order valence-electron chi connectivity index (χ3n) is 7.52.